The largest absolute Gasteiger partial charge is 0.389 e. The molecule has 1 aromatic heterocycles. The summed E-state index contributed by atoms with van der Waals surface area (Å²) in [5.41, 5.74) is 1.62. The molecule has 1 heterocycles. The summed E-state index contributed by atoms with van der Waals surface area (Å²) in [6, 6.07) is 8.14. The third-order valence-electron chi connectivity index (χ3n) is 3.68. The highest BCUT2D eigenvalue weighted by atomic mass is 32.2. The summed E-state index contributed by atoms with van der Waals surface area (Å²) in [5, 5.41) is 19.4. The Morgan fingerprint density at radius 3 is 2.60 bits per heavy atom. The van der Waals surface area contributed by atoms with Crippen LogP contribution in [0.3, 0.4) is 0 Å². The fraction of sp³-hybridized carbons (Fsp3) is 0.467. The van der Waals surface area contributed by atoms with Gasteiger partial charge in [0.15, 0.2) is 5.16 Å². The molecule has 0 bridgehead atoms. The summed E-state index contributed by atoms with van der Waals surface area (Å²) in [6.07, 6.45) is 3.21. The van der Waals surface area contributed by atoms with Crippen molar-refractivity contribution in [3.05, 3.63) is 36.2 Å². The average molecular weight is 291 g/mol. The molecule has 0 aliphatic carbocycles. The van der Waals surface area contributed by atoms with Crippen LogP contribution >= 0.6 is 11.8 Å². The lowest BCUT2D eigenvalue weighted by atomic mass is 10.0. The molecule has 0 amide bonds. The number of aromatic nitrogens is 3. The van der Waals surface area contributed by atoms with Crippen molar-refractivity contribution in [3.8, 4) is 5.69 Å². The van der Waals surface area contributed by atoms with Gasteiger partial charge in [0.05, 0.1) is 11.3 Å². The van der Waals surface area contributed by atoms with E-state index in [1.165, 1.54) is 5.56 Å². The van der Waals surface area contributed by atoms with Gasteiger partial charge in [-0.3, -0.25) is 4.57 Å². The fourth-order valence-corrected chi connectivity index (χ4v) is 3.17. The molecule has 0 aliphatic rings. The summed E-state index contributed by atoms with van der Waals surface area (Å²) in [4.78, 5) is 0. The number of rotatable bonds is 6. The Kier molecular flexibility index (Phi) is 4.83. The molecule has 0 saturated carbocycles. The van der Waals surface area contributed by atoms with Crippen molar-refractivity contribution in [1.82, 2.24) is 14.8 Å². The van der Waals surface area contributed by atoms with Gasteiger partial charge >= 0.3 is 0 Å². The number of para-hydroxylation sites is 1. The predicted octanol–water partition coefficient (Wildman–Crippen LogP) is 3.22. The number of thioether (sulfide) groups is 1. The highest BCUT2D eigenvalue weighted by Crippen LogP contribution is 2.27. The van der Waals surface area contributed by atoms with E-state index in [1.54, 1.807) is 18.1 Å². The van der Waals surface area contributed by atoms with Gasteiger partial charge in [0.1, 0.15) is 6.33 Å². The maximum atomic E-state index is 10.4. The topological polar surface area (TPSA) is 50.9 Å². The van der Waals surface area contributed by atoms with Gasteiger partial charge in [0.25, 0.3) is 0 Å². The minimum atomic E-state index is -0.632. The van der Waals surface area contributed by atoms with E-state index >= 15 is 0 Å². The second-order valence-corrected chi connectivity index (χ2v) is 5.93. The molecule has 4 nitrogen and oxygen atoms in total. The first-order chi connectivity index (χ1) is 9.59. The molecule has 0 unspecified atom stereocenters. The van der Waals surface area contributed by atoms with Gasteiger partial charge in [-0.2, -0.15) is 0 Å². The van der Waals surface area contributed by atoms with Gasteiger partial charge in [0.2, 0.25) is 0 Å². The first kappa shape index (κ1) is 15.1. The molecule has 0 radical (unpaired) electrons. The van der Waals surface area contributed by atoms with Crippen LogP contribution in [0, 0.1) is 6.92 Å². The molecule has 0 aliphatic heterocycles. The van der Waals surface area contributed by atoms with Crippen LogP contribution in [0.4, 0.5) is 0 Å². The van der Waals surface area contributed by atoms with Crippen molar-refractivity contribution >= 4 is 11.8 Å². The van der Waals surface area contributed by atoms with Gasteiger partial charge < -0.3 is 5.11 Å². The van der Waals surface area contributed by atoms with Crippen LogP contribution < -0.4 is 0 Å². The van der Waals surface area contributed by atoms with Crippen LogP contribution in [0.5, 0.6) is 0 Å². The van der Waals surface area contributed by atoms with Crippen molar-refractivity contribution in [2.24, 2.45) is 0 Å². The van der Waals surface area contributed by atoms with Crippen molar-refractivity contribution in [1.29, 1.82) is 0 Å². The quantitative estimate of drug-likeness (QED) is 0.830. The SMILES string of the molecule is CCC(O)(CC)CSc1nncn1-c1ccccc1C. The van der Waals surface area contributed by atoms with Crippen molar-refractivity contribution in [2.45, 2.75) is 44.4 Å². The zero-order valence-electron chi connectivity index (χ0n) is 12.2. The molecule has 1 aromatic carbocycles. The monoisotopic (exact) mass is 291 g/mol. The minimum absolute atomic E-state index is 0.630. The standard InChI is InChI=1S/C15H21N3OS/c1-4-15(19,5-2)10-20-14-17-16-11-18(14)13-9-7-6-8-12(13)3/h6-9,11,19H,4-5,10H2,1-3H3. The van der Waals surface area contributed by atoms with Crippen LogP contribution in [-0.2, 0) is 0 Å². The molecule has 20 heavy (non-hydrogen) atoms. The van der Waals surface area contributed by atoms with Crippen molar-refractivity contribution in [2.75, 3.05) is 5.75 Å². The summed E-state index contributed by atoms with van der Waals surface area (Å²) >= 11 is 1.55. The van der Waals surface area contributed by atoms with E-state index in [2.05, 4.69) is 29.3 Å². The van der Waals surface area contributed by atoms with E-state index in [-0.39, 0.29) is 0 Å². The Hall–Kier alpha value is -1.33. The fourth-order valence-electron chi connectivity index (χ4n) is 1.97. The Bertz CT molecular complexity index is 564. The molecular weight excluding hydrogens is 270 g/mol. The lowest BCUT2D eigenvalue weighted by molar-refractivity contribution is 0.0571. The van der Waals surface area contributed by atoms with E-state index in [0.717, 1.165) is 23.7 Å². The second-order valence-electron chi connectivity index (χ2n) is 4.99. The summed E-state index contributed by atoms with van der Waals surface area (Å²) < 4.78 is 1.98. The molecule has 5 heteroatoms. The smallest absolute Gasteiger partial charge is 0.195 e. The number of aryl methyl sites for hydroxylation is 1. The second kappa shape index (κ2) is 6.41. The molecule has 1 N–H and O–H groups in total. The van der Waals surface area contributed by atoms with Gasteiger partial charge in [-0.15, -0.1) is 10.2 Å². The Morgan fingerprint density at radius 2 is 1.95 bits per heavy atom. The summed E-state index contributed by atoms with van der Waals surface area (Å²) in [6.45, 7) is 6.09. The van der Waals surface area contributed by atoms with Crippen LogP contribution in [0.2, 0.25) is 0 Å². The number of hydrogen-bond acceptors (Lipinski definition) is 4. The Labute approximate surface area is 124 Å². The summed E-state index contributed by atoms with van der Waals surface area (Å²) in [5.74, 6) is 0.630. The Balaban J connectivity index is 2.20. The van der Waals surface area contributed by atoms with Crippen LogP contribution in [0.15, 0.2) is 35.7 Å². The van der Waals surface area contributed by atoms with Gasteiger partial charge in [0, 0.05) is 5.75 Å². The van der Waals surface area contributed by atoms with Crippen LogP contribution in [0.25, 0.3) is 5.69 Å². The zero-order valence-corrected chi connectivity index (χ0v) is 13.0. The third-order valence-corrected chi connectivity index (χ3v) is 4.90. The normalized spacial score (nSPS) is 11.8. The van der Waals surface area contributed by atoms with E-state index in [1.807, 2.05) is 30.5 Å². The molecule has 2 aromatic rings. The lowest BCUT2D eigenvalue weighted by Gasteiger charge is -2.24. The number of nitrogens with zero attached hydrogens (tertiary/aromatic N) is 3. The van der Waals surface area contributed by atoms with Gasteiger partial charge in [-0.1, -0.05) is 43.8 Å². The van der Waals surface area contributed by atoms with Gasteiger partial charge in [-0.05, 0) is 31.4 Å². The number of benzene rings is 1. The number of hydrogen-bond donors (Lipinski definition) is 1. The molecule has 0 atom stereocenters. The highest BCUT2D eigenvalue weighted by molar-refractivity contribution is 7.99. The van der Waals surface area contributed by atoms with E-state index in [9.17, 15) is 5.11 Å². The zero-order chi connectivity index (χ0) is 14.6. The van der Waals surface area contributed by atoms with Crippen LogP contribution in [0.1, 0.15) is 32.3 Å². The van der Waals surface area contributed by atoms with Crippen molar-refractivity contribution in [3.63, 3.8) is 0 Å². The molecule has 0 saturated heterocycles. The average Bonchev–Trinajstić information content (AvgIpc) is 2.93. The molecule has 2 rings (SSSR count). The Morgan fingerprint density at radius 1 is 1.25 bits per heavy atom. The van der Waals surface area contributed by atoms with Crippen molar-refractivity contribution < 1.29 is 5.11 Å². The maximum Gasteiger partial charge on any atom is 0.195 e. The minimum Gasteiger partial charge on any atom is -0.389 e. The highest BCUT2D eigenvalue weighted by Gasteiger charge is 2.23. The van der Waals surface area contributed by atoms with E-state index < -0.39 is 5.60 Å². The third kappa shape index (κ3) is 3.22. The molecule has 0 spiro atoms. The first-order valence-corrected chi connectivity index (χ1v) is 7.89. The van der Waals surface area contributed by atoms with E-state index in [4.69, 9.17) is 0 Å². The predicted molar refractivity (Wildman–Crippen MR) is 82.4 cm³/mol. The first-order valence-electron chi connectivity index (χ1n) is 6.91. The molecular formula is C15H21N3OS. The maximum absolute atomic E-state index is 10.4. The van der Waals surface area contributed by atoms with Crippen LogP contribution in [-0.4, -0.2) is 31.2 Å². The molecule has 108 valence electrons. The van der Waals surface area contributed by atoms with Gasteiger partial charge in [-0.25, -0.2) is 0 Å². The molecule has 0 fully saturated rings. The lowest BCUT2D eigenvalue weighted by Crippen LogP contribution is -2.29. The van der Waals surface area contributed by atoms with E-state index in [0.29, 0.717) is 5.75 Å². The number of aliphatic hydroxyl groups is 1. The summed E-state index contributed by atoms with van der Waals surface area (Å²) in [7, 11) is 0.